The highest BCUT2D eigenvalue weighted by Gasteiger charge is 2.30. The van der Waals surface area contributed by atoms with Crippen molar-refractivity contribution in [1.29, 1.82) is 0 Å². The van der Waals surface area contributed by atoms with Crippen LogP contribution in [0, 0.1) is 13.8 Å². The molecule has 1 rings (SSSR count). The molecule has 0 spiro atoms. The second kappa shape index (κ2) is 5.32. The van der Waals surface area contributed by atoms with Crippen molar-refractivity contribution in [2.75, 3.05) is 0 Å². The van der Waals surface area contributed by atoms with Crippen LogP contribution in [-0.4, -0.2) is 16.6 Å². The number of carboxylic acid groups (broad SMARTS) is 1. The maximum Gasteiger partial charge on any atom is 0.323 e. The molecule has 2 N–H and O–H groups in total. The van der Waals surface area contributed by atoms with Crippen LogP contribution in [0.5, 0.6) is 0 Å². The van der Waals surface area contributed by atoms with Gasteiger partial charge in [-0.15, -0.1) is 0 Å². The molecule has 1 atom stereocenters. The largest absolute Gasteiger partial charge is 0.480 e. The summed E-state index contributed by atoms with van der Waals surface area (Å²) < 4.78 is 0. The molecule has 0 saturated carbocycles. The lowest BCUT2D eigenvalue weighted by Gasteiger charge is -2.25. The quantitative estimate of drug-likeness (QED) is 0.825. The van der Waals surface area contributed by atoms with E-state index in [4.69, 9.17) is 0 Å². The summed E-state index contributed by atoms with van der Waals surface area (Å²) >= 11 is 0. The van der Waals surface area contributed by atoms with Crippen LogP contribution < -0.4 is 5.32 Å². The van der Waals surface area contributed by atoms with Gasteiger partial charge in [0.2, 0.25) is 0 Å². The molecule has 0 aromatic heterocycles. The van der Waals surface area contributed by atoms with Gasteiger partial charge in [-0.25, -0.2) is 0 Å². The summed E-state index contributed by atoms with van der Waals surface area (Å²) in [6.07, 6.45) is 0.563. The van der Waals surface area contributed by atoms with Crippen LogP contribution in [0.25, 0.3) is 0 Å². The number of aryl methyl sites for hydroxylation is 2. The number of carbonyl (C=O) groups is 1. The third-order valence-electron chi connectivity index (χ3n) is 3.48. The van der Waals surface area contributed by atoms with E-state index in [1.165, 1.54) is 16.7 Å². The van der Waals surface area contributed by atoms with Gasteiger partial charge in [-0.1, -0.05) is 25.1 Å². The molecule has 94 valence electrons. The lowest BCUT2D eigenvalue weighted by molar-refractivity contribution is -0.144. The molecular formula is C14H21NO2. The van der Waals surface area contributed by atoms with E-state index < -0.39 is 11.5 Å². The molecule has 0 bridgehead atoms. The van der Waals surface area contributed by atoms with E-state index in [-0.39, 0.29) is 0 Å². The van der Waals surface area contributed by atoms with Crippen molar-refractivity contribution in [2.24, 2.45) is 0 Å². The Bertz CT molecular complexity index is 394. The Balaban J connectivity index is 2.83. The van der Waals surface area contributed by atoms with Gasteiger partial charge in [-0.2, -0.15) is 0 Å². The van der Waals surface area contributed by atoms with Gasteiger partial charge in [-0.3, -0.25) is 10.1 Å². The first-order valence-corrected chi connectivity index (χ1v) is 5.94. The van der Waals surface area contributed by atoms with Crippen molar-refractivity contribution in [3.8, 4) is 0 Å². The highest BCUT2D eigenvalue weighted by atomic mass is 16.4. The zero-order valence-corrected chi connectivity index (χ0v) is 11.0. The van der Waals surface area contributed by atoms with Gasteiger partial charge in [0.05, 0.1) is 0 Å². The van der Waals surface area contributed by atoms with E-state index in [0.29, 0.717) is 13.0 Å². The first-order chi connectivity index (χ1) is 7.90. The van der Waals surface area contributed by atoms with E-state index in [1.807, 2.05) is 39.0 Å². The molecule has 0 aliphatic carbocycles. The molecule has 17 heavy (non-hydrogen) atoms. The van der Waals surface area contributed by atoms with Gasteiger partial charge in [0.25, 0.3) is 0 Å². The van der Waals surface area contributed by atoms with Crippen LogP contribution >= 0.6 is 0 Å². The Morgan fingerprint density at radius 1 is 1.35 bits per heavy atom. The van der Waals surface area contributed by atoms with E-state index in [1.54, 1.807) is 6.92 Å². The monoisotopic (exact) mass is 235 g/mol. The Morgan fingerprint density at radius 3 is 2.29 bits per heavy atom. The van der Waals surface area contributed by atoms with Crippen molar-refractivity contribution in [3.05, 3.63) is 34.9 Å². The second-order valence-electron chi connectivity index (χ2n) is 4.71. The minimum absolute atomic E-state index is 0.563. The average molecular weight is 235 g/mol. The lowest BCUT2D eigenvalue weighted by atomic mass is 9.97. The van der Waals surface area contributed by atoms with Crippen LogP contribution in [0.1, 0.15) is 37.0 Å². The number of hydrogen-bond acceptors (Lipinski definition) is 2. The van der Waals surface area contributed by atoms with Crippen LogP contribution in [0.4, 0.5) is 0 Å². The minimum atomic E-state index is -0.852. The van der Waals surface area contributed by atoms with Gasteiger partial charge in [0, 0.05) is 6.54 Å². The highest BCUT2D eigenvalue weighted by Crippen LogP contribution is 2.16. The lowest BCUT2D eigenvalue weighted by Crippen LogP contribution is -2.48. The zero-order valence-electron chi connectivity index (χ0n) is 11.0. The van der Waals surface area contributed by atoms with E-state index in [2.05, 4.69) is 5.32 Å². The number of hydrogen-bond donors (Lipinski definition) is 2. The molecule has 0 heterocycles. The molecule has 3 nitrogen and oxygen atoms in total. The maximum absolute atomic E-state index is 11.2. The van der Waals surface area contributed by atoms with E-state index >= 15 is 0 Å². The standard InChI is InChI=1S/C14H21NO2/c1-5-14(4,13(16)17)15-9-12-10(2)7-6-8-11(12)3/h6-8,15H,5,9H2,1-4H3,(H,16,17). The minimum Gasteiger partial charge on any atom is -0.480 e. The van der Waals surface area contributed by atoms with Crippen molar-refractivity contribution in [2.45, 2.75) is 46.2 Å². The molecule has 0 fully saturated rings. The fourth-order valence-electron chi connectivity index (χ4n) is 1.76. The summed E-state index contributed by atoms with van der Waals surface area (Å²) in [7, 11) is 0. The third kappa shape index (κ3) is 3.07. The van der Waals surface area contributed by atoms with Crippen LogP contribution in [0.15, 0.2) is 18.2 Å². The Hall–Kier alpha value is -1.35. The highest BCUT2D eigenvalue weighted by molar-refractivity contribution is 5.78. The van der Waals surface area contributed by atoms with Crippen LogP contribution in [0.3, 0.4) is 0 Å². The fraction of sp³-hybridized carbons (Fsp3) is 0.500. The average Bonchev–Trinajstić information content (AvgIpc) is 2.27. The van der Waals surface area contributed by atoms with E-state index in [0.717, 1.165) is 0 Å². The first kappa shape index (κ1) is 13.7. The normalized spacial score (nSPS) is 14.4. The van der Waals surface area contributed by atoms with Crippen molar-refractivity contribution in [1.82, 2.24) is 5.32 Å². The Kier molecular flexibility index (Phi) is 4.29. The number of rotatable bonds is 5. The van der Waals surface area contributed by atoms with Crippen LogP contribution in [-0.2, 0) is 11.3 Å². The Labute approximate surface area is 103 Å². The molecule has 0 aliphatic rings. The second-order valence-corrected chi connectivity index (χ2v) is 4.71. The fourth-order valence-corrected chi connectivity index (χ4v) is 1.76. The van der Waals surface area contributed by atoms with E-state index in [9.17, 15) is 9.90 Å². The number of benzene rings is 1. The molecule has 3 heteroatoms. The SMILES string of the molecule is CCC(C)(NCc1c(C)cccc1C)C(=O)O. The summed E-state index contributed by atoms with van der Waals surface area (Å²) in [4.78, 5) is 11.2. The summed E-state index contributed by atoms with van der Waals surface area (Å²) in [5.74, 6) is -0.800. The zero-order chi connectivity index (χ0) is 13.1. The summed E-state index contributed by atoms with van der Waals surface area (Å²) in [6, 6.07) is 6.12. The first-order valence-electron chi connectivity index (χ1n) is 5.94. The Morgan fingerprint density at radius 2 is 1.88 bits per heavy atom. The molecule has 1 aromatic carbocycles. The smallest absolute Gasteiger partial charge is 0.323 e. The molecule has 0 amide bonds. The molecule has 0 saturated heterocycles. The summed E-state index contributed by atoms with van der Waals surface area (Å²) in [6.45, 7) is 8.30. The van der Waals surface area contributed by atoms with Crippen molar-refractivity contribution >= 4 is 5.97 Å². The summed E-state index contributed by atoms with van der Waals surface area (Å²) in [5.41, 5.74) is 2.73. The van der Waals surface area contributed by atoms with Crippen molar-refractivity contribution < 1.29 is 9.90 Å². The third-order valence-corrected chi connectivity index (χ3v) is 3.48. The van der Waals surface area contributed by atoms with Gasteiger partial charge in [0.15, 0.2) is 0 Å². The van der Waals surface area contributed by atoms with Gasteiger partial charge in [0.1, 0.15) is 5.54 Å². The van der Waals surface area contributed by atoms with Crippen molar-refractivity contribution in [3.63, 3.8) is 0 Å². The summed E-state index contributed by atoms with van der Waals surface area (Å²) in [5, 5.41) is 12.3. The number of aliphatic carboxylic acids is 1. The maximum atomic E-state index is 11.2. The van der Waals surface area contributed by atoms with Crippen LogP contribution in [0.2, 0.25) is 0 Å². The molecular weight excluding hydrogens is 214 g/mol. The molecule has 0 radical (unpaired) electrons. The predicted octanol–water partition coefficient (Wildman–Crippen LogP) is 2.65. The molecule has 0 aliphatic heterocycles. The predicted molar refractivity (Wildman–Crippen MR) is 69.1 cm³/mol. The number of carboxylic acids is 1. The van der Waals surface area contributed by atoms with Gasteiger partial charge >= 0.3 is 5.97 Å². The number of nitrogens with one attached hydrogen (secondary N) is 1. The van der Waals surface area contributed by atoms with Gasteiger partial charge in [-0.05, 0) is 43.9 Å². The van der Waals surface area contributed by atoms with Gasteiger partial charge < -0.3 is 5.11 Å². The topological polar surface area (TPSA) is 49.3 Å². The molecule has 1 unspecified atom stereocenters. The molecule has 1 aromatic rings.